The Labute approximate surface area is 146 Å². The Hall–Kier alpha value is -1.69. The van der Waals surface area contributed by atoms with Gasteiger partial charge in [0.15, 0.2) is 0 Å². The standard InChI is InChI=1S/C18H24N4OS/c23-17(12-14-7-11-24-13-14)21-9-5-15(6-10-21)18-20-19-16-4-2-1-3-8-22(16)18/h7,11,13,15H,1-6,8-10,12H2. The van der Waals surface area contributed by atoms with Crippen molar-refractivity contribution < 1.29 is 4.79 Å². The van der Waals surface area contributed by atoms with Gasteiger partial charge in [-0.1, -0.05) is 6.42 Å². The highest BCUT2D eigenvalue weighted by atomic mass is 32.1. The summed E-state index contributed by atoms with van der Waals surface area (Å²) in [4.78, 5) is 14.5. The molecule has 6 heteroatoms. The molecule has 2 aromatic heterocycles. The van der Waals surface area contributed by atoms with Crippen LogP contribution in [0.25, 0.3) is 0 Å². The second kappa shape index (κ2) is 7.05. The van der Waals surface area contributed by atoms with Crippen LogP contribution < -0.4 is 0 Å². The lowest BCUT2D eigenvalue weighted by Gasteiger charge is -2.31. The van der Waals surface area contributed by atoms with Crippen LogP contribution in [0.1, 0.15) is 55.2 Å². The highest BCUT2D eigenvalue weighted by Crippen LogP contribution is 2.29. The highest BCUT2D eigenvalue weighted by molar-refractivity contribution is 7.07. The lowest BCUT2D eigenvalue weighted by molar-refractivity contribution is -0.131. The average molecular weight is 344 g/mol. The van der Waals surface area contributed by atoms with Gasteiger partial charge >= 0.3 is 0 Å². The van der Waals surface area contributed by atoms with Crippen LogP contribution in [0.2, 0.25) is 0 Å². The fourth-order valence-electron chi connectivity index (χ4n) is 3.88. The quantitative estimate of drug-likeness (QED) is 0.860. The zero-order chi connectivity index (χ0) is 16.4. The van der Waals surface area contributed by atoms with E-state index < -0.39 is 0 Å². The number of amides is 1. The summed E-state index contributed by atoms with van der Waals surface area (Å²) in [6.07, 6.45) is 7.36. The lowest BCUT2D eigenvalue weighted by atomic mass is 9.95. The predicted octanol–water partition coefficient (Wildman–Crippen LogP) is 3.01. The van der Waals surface area contributed by atoms with Gasteiger partial charge in [0.05, 0.1) is 6.42 Å². The van der Waals surface area contributed by atoms with Gasteiger partial charge in [-0.05, 0) is 48.1 Å². The normalized spacial score (nSPS) is 19.1. The van der Waals surface area contributed by atoms with Gasteiger partial charge < -0.3 is 9.47 Å². The number of likely N-dealkylation sites (tertiary alicyclic amines) is 1. The first-order chi connectivity index (χ1) is 11.8. The number of nitrogens with zero attached hydrogens (tertiary/aromatic N) is 4. The largest absolute Gasteiger partial charge is 0.342 e. The van der Waals surface area contributed by atoms with Crippen LogP contribution in [0, 0.1) is 0 Å². The van der Waals surface area contributed by atoms with Crippen LogP contribution in [-0.4, -0.2) is 38.7 Å². The molecule has 4 rings (SSSR count). The molecule has 1 amide bonds. The van der Waals surface area contributed by atoms with Crippen molar-refractivity contribution in [2.75, 3.05) is 13.1 Å². The molecule has 128 valence electrons. The highest BCUT2D eigenvalue weighted by Gasteiger charge is 2.28. The Kier molecular flexibility index (Phi) is 4.65. The first kappa shape index (κ1) is 15.8. The van der Waals surface area contributed by atoms with Crippen LogP contribution in [0.15, 0.2) is 16.8 Å². The summed E-state index contributed by atoms with van der Waals surface area (Å²) < 4.78 is 2.36. The van der Waals surface area contributed by atoms with E-state index in [-0.39, 0.29) is 5.91 Å². The topological polar surface area (TPSA) is 51.0 Å². The van der Waals surface area contributed by atoms with Gasteiger partial charge in [-0.2, -0.15) is 11.3 Å². The number of piperidine rings is 1. The molecule has 0 spiro atoms. The van der Waals surface area contributed by atoms with E-state index in [1.165, 1.54) is 25.1 Å². The van der Waals surface area contributed by atoms with Crippen molar-refractivity contribution in [3.8, 4) is 0 Å². The molecule has 0 saturated carbocycles. The van der Waals surface area contributed by atoms with Gasteiger partial charge in [-0.15, -0.1) is 10.2 Å². The molecule has 1 fully saturated rings. The summed E-state index contributed by atoms with van der Waals surface area (Å²) in [5.41, 5.74) is 1.13. The van der Waals surface area contributed by atoms with Crippen LogP contribution in [0.4, 0.5) is 0 Å². The van der Waals surface area contributed by atoms with Crippen molar-refractivity contribution in [3.63, 3.8) is 0 Å². The Morgan fingerprint density at radius 3 is 2.83 bits per heavy atom. The van der Waals surface area contributed by atoms with Gasteiger partial charge in [0.25, 0.3) is 0 Å². The first-order valence-electron chi connectivity index (χ1n) is 9.02. The summed E-state index contributed by atoms with van der Waals surface area (Å²) >= 11 is 1.65. The van der Waals surface area contributed by atoms with Gasteiger partial charge in [-0.25, -0.2) is 0 Å². The molecule has 0 N–H and O–H groups in total. The molecule has 24 heavy (non-hydrogen) atoms. The molecule has 0 radical (unpaired) electrons. The van der Waals surface area contributed by atoms with Crippen molar-refractivity contribution in [2.45, 2.75) is 57.4 Å². The molecule has 5 nitrogen and oxygen atoms in total. The van der Waals surface area contributed by atoms with E-state index >= 15 is 0 Å². The zero-order valence-electron chi connectivity index (χ0n) is 14.0. The number of aryl methyl sites for hydroxylation is 1. The van der Waals surface area contributed by atoms with Crippen LogP contribution in [-0.2, 0) is 24.2 Å². The molecule has 0 unspecified atom stereocenters. The minimum atomic E-state index is 0.256. The Bertz CT molecular complexity index is 686. The third-order valence-corrected chi connectivity index (χ3v) is 6.02. The number of hydrogen-bond donors (Lipinski definition) is 0. The van der Waals surface area contributed by atoms with Crippen LogP contribution in [0.3, 0.4) is 0 Å². The maximum atomic E-state index is 12.4. The lowest BCUT2D eigenvalue weighted by Crippen LogP contribution is -2.39. The molecule has 0 bridgehead atoms. The summed E-state index contributed by atoms with van der Waals surface area (Å²) in [6, 6.07) is 2.04. The molecule has 1 saturated heterocycles. The van der Waals surface area contributed by atoms with Gasteiger partial charge in [0.1, 0.15) is 11.6 Å². The smallest absolute Gasteiger partial charge is 0.227 e. The van der Waals surface area contributed by atoms with Gasteiger partial charge in [0, 0.05) is 32.0 Å². The molecule has 2 aliphatic rings. The number of thiophene rings is 1. The Balaban J connectivity index is 1.38. The Morgan fingerprint density at radius 1 is 1.17 bits per heavy atom. The molecule has 0 aromatic carbocycles. The second-order valence-electron chi connectivity index (χ2n) is 6.90. The fourth-order valence-corrected chi connectivity index (χ4v) is 4.54. The van der Waals surface area contributed by atoms with Crippen molar-refractivity contribution in [1.82, 2.24) is 19.7 Å². The number of aromatic nitrogens is 3. The number of fused-ring (bicyclic) bond motifs is 1. The molecule has 0 atom stereocenters. The number of carbonyl (C=O) groups excluding carboxylic acids is 1. The van der Waals surface area contributed by atoms with Gasteiger partial charge in [0.2, 0.25) is 5.91 Å². The zero-order valence-corrected chi connectivity index (χ0v) is 14.8. The van der Waals surface area contributed by atoms with Crippen LogP contribution >= 0.6 is 11.3 Å². The third kappa shape index (κ3) is 3.24. The maximum Gasteiger partial charge on any atom is 0.227 e. The van der Waals surface area contributed by atoms with E-state index in [4.69, 9.17) is 0 Å². The van der Waals surface area contributed by atoms with Crippen LogP contribution in [0.5, 0.6) is 0 Å². The number of rotatable bonds is 3. The van der Waals surface area contributed by atoms with E-state index in [0.717, 1.165) is 50.3 Å². The van der Waals surface area contributed by atoms with Crippen molar-refractivity contribution >= 4 is 17.2 Å². The SMILES string of the molecule is O=C(Cc1ccsc1)N1CCC(c2nnc3n2CCCCC3)CC1. The van der Waals surface area contributed by atoms with Crippen molar-refractivity contribution in [1.29, 1.82) is 0 Å². The maximum absolute atomic E-state index is 12.4. The summed E-state index contributed by atoms with van der Waals surface area (Å²) in [6.45, 7) is 2.75. The number of carbonyl (C=O) groups is 1. The van der Waals surface area contributed by atoms with E-state index in [1.54, 1.807) is 11.3 Å². The Morgan fingerprint density at radius 2 is 2.04 bits per heavy atom. The average Bonchev–Trinajstić information content (AvgIpc) is 3.20. The monoisotopic (exact) mass is 344 g/mol. The van der Waals surface area contributed by atoms with Crippen molar-refractivity contribution in [2.24, 2.45) is 0 Å². The molecular formula is C18H24N4OS. The van der Waals surface area contributed by atoms with Gasteiger partial charge in [-0.3, -0.25) is 4.79 Å². The summed E-state index contributed by atoms with van der Waals surface area (Å²) in [5, 5.41) is 13.0. The summed E-state index contributed by atoms with van der Waals surface area (Å²) in [7, 11) is 0. The molecule has 2 aliphatic heterocycles. The minimum absolute atomic E-state index is 0.256. The molecule has 2 aromatic rings. The minimum Gasteiger partial charge on any atom is -0.342 e. The van der Waals surface area contributed by atoms with E-state index in [1.807, 2.05) is 16.3 Å². The van der Waals surface area contributed by atoms with E-state index in [2.05, 4.69) is 20.1 Å². The summed E-state index contributed by atoms with van der Waals surface area (Å²) in [5.74, 6) is 3.04. The van der Waals surface area contributed by atoms with Crippen molar-refractivity contribution in [3.05, 3.63) is 34.0 Å². The first-order valence-corrected chi connectivity index (χ1v) is 9.96. The second-order valence-corrected chi connectivity index (χ2v) is 7.68. The molecule has 4 heterocycles. The fraction of sp³-hybridized carbons (Fsp3) is 0.611. The van der Waals surface area contributed by atoms with E-state index in [9.17, 15) is 4.79 Å². The number of hydrogen-bond acceptors (Lipinski definition) is 4. The van der Waals surface area contributed by atoms with E-state index in [0.29, 0.717) is 12.3 Å². The third-order valence-electron chi connectivity index (χ3n) is 5.29. The predicted molar refractivity (Wildman–Crippen MR) is 94.2 cm³/mol. The molecular weight excluding hydrogens is 320 g/mol. The molecule has 0 aliphatic carbocycles.